The molecule has 0 spiro atoms. The average molecular weight is 364 g/mol. The van der Waals surface area contributed by atoms with Gasteiger partial charge >= 0.3 is 0 Å². The summed E-state index contributed by atoms with van der Waals surface area (Å²) in [6, 6.07) is 20.9. The van der Waals surface area contributed by atoms with Gasteiger partial charge in [-0.1, -0.05) is 59.6 Å². The molecule has 0 aliphatic carbocycles. The van der Waals surface area contributed by atoms with Crippen molar-refractivity contribution >= 4 is 38.9 Å². The van der Waals surface area contributed by atoms with Crippen molar-refractivity contribution in [3.05, 3.63) is 88.4 Å². The van der Waals surface area contributed by atoms with Gasteiger partial charge < -0.3 is 0 Å². The van der Waals surface area contributed by atoms with E-state index in [1.807, 2.05) is 73.7 Å². The number of hydrogen-bond donors (Lipinski definition) is 0. The first-order chi connectivity index (χ1) is 12.1. The van der Waals surface area contributed by atoms with Crippen LogP contribution in [-0.4, -0.2) is 10.8 Å². The van der Waals surface area contributed by atoms with Crippen molar-refractivity contribution in [2.75, 3.05) is 0 Å². The second kappa shape index (κ2) is 6.43. The van der Waals surface area contributed by atoms with Gasteiger partial charge in [-0.2, -0.15) is 0 Å². The van der Waals surface area contributed by atoms with Crippen LogP contribution in [0.15, 0.2) is 66.7 Å². The number of thiazole rings is 1. The highest BCUT2D eigenvalue weighted by molar-refractivity contribution is 7.21. The Morgan fingerprint density at radius 1 is 1.00 bits per heavy atom. The number of carbonyl (C=O) groups is 1. The van der Waals surface area contributed by atoms with E-state index >= 15 is 0 Å². The molecule has 4 heteroatoms. The molecule has 25 heavy (non-hydrogen) atoms. The summed E-state index contributed by atoms with van der Waals surface area (Å²) in [5.41, 5.74) is 4.20. The van der Waals surface area contributed by atoms with Crippen LogP contribution in [-0.2, 0) is 0 Å². The maximum atomic E-state index is 13.0. The standard InChI is InChI=1S/C21H14ClNOS/c1-13-7-9-16(20(24)14-5-3-2-4-6-14)17(11-13)21-23-18-10-8-15(22)12-19(18)25-21/h2-12H,1H3. The predicted octanol–water partition coefficient (Wildman–Crippen LogP) is 6.16. The molecule has 0 unspecified atom stereocenters. The molecule has 0 amide bonds. The van der Waals surface area contributed by atoms with Crippen molar-refractivity contribution in [2.45, 2.75) is 6.92 Å². The zero-order chi connectivity index (χ0) is 17.4. The Bertz CT molecular complexity index is 1090. The largest absolute Gasteiger partial charge is 0.289 e. The third kappa shape index (κ3) is 3.09. The van der Waals surface area contributed by atoms with Gasteiger partial charge in [0.15, 0.2) is 5.78 Å². The number of carbonyl (C=O) groups excluding carboxylic acids is 1. The molecule has 0 fully saturated rings. The molecule has 0 aliphatic heterocycles. The lowest BCUT2D eigenvalue weighted by Gasteiger charge is -2.08. The van der Waals surface area contributed by atoms with E-state index < -0.39 is 0 Å². The molecule has 0 aliphatic rings. The van der Waals surface area contributed by atoms with Crippen LogP contribution < -0.4 is 0 Å². The molecule has 0 atom stereocenters. The molecular weight excluding hydrogens is 350 g/mol. The summed E-state index contributed by atoms with van der Waals surface area (Å²) in [5, 5.41) is 1.52. The highest BCUT2D eigenvalue weighted by atomic mass is 35.5. The van der Waals surface area contributed by atoms with Crippen LogP contribution in [0.5, 0.6) is 0 Å². The maximum absolute atomic E-state index is 13.0. The van der Waals surface area contributed by atoms with E-state index in [1.165, 1.54) is 0 Å². The van der Waals surface area contributed by atoms with Crippen molar-refractivity contribution in [2.24, 2.45) is 0 Å². The molecular formula is C21H14ClNOS. The van der Waals surface area contributed by atoms with Crippen molar-refractivity contribution < 1.29 is 4.79 Å². The summed E-state index contributed by atoms with van der Waals surface area (Å²) in [6.07, 6.45) is 0. The normalized spacial score (nSPS) is 11.0. The fourth-order valence-electron chi connectivity index (χ4n) is 2.79. The molecule has 4 rings (SSSR count). The number of fused-ring (bicyclic) bond motifs is 1. The van der Waals surface area contributed by atoms with Crippen LogP contribution in [0.4, 0.5) is 0 Å². The van der Waals surface area contributed by atoms with E-state index in [-0.39, 0.29) is 5.78 Å². The first kappa shape index (κ1) is 16.0. The summed E-state index contributed by atoms with van der Waals surface area (Å²) < 4.78 is 1.02. The number of nitrogens with zero attached hydrogens (tertiary/aromatic N) is 1. The first-order valence-corrected chi connectivity index (χ1v) is 9.08. The zero-order valence-corrected chi connectivity index (χ0v) is 15.1. The van der Waals surface area contributed by atoms with Gasteiger partial charge in [0.2, 0.25) is 0 Å². The maximum Gasteiger partial charge on any atom is 0.193 e. The molecule has 0 bridgehead atoms. The van der Waals surface area contributed by atoms with Gasteiger partial charge in [-0.3, -0.25) is 4.79 Å². The lowest BCUT2D eigenvalue weighted by molar-refractivity contribution is 0.103. The Kier molecular flexibility index (Phi) is 4.12. The van der Waals surface area contributed by atoms with Crippen LogP contribution in [0.3, 0.4) is 0 Å². The van der Waals surface area contributed by atoms with Gasteiger partial charge in [0, 0.05) is 21.7 Å². The molecule has 2 nitrogen and oxygen atoms in total. The van der Waals surface area contributed by atoms with Gasteiger partial charge in [-0.15, -0.1) is 11.3 Å². The Morgan fingerprint density at radius 3 is 2.60 bits per heavy atom. The molecule has 0 saturated carbocycles. The zero-order valence-electron chi connectivity index (χ0n) is 13.5. The first-order valence-electron chi connectivity index (χ1n) is 7.89. The van der Waals surface area contributed by atoms with E-state index in [0.29, 0.717) is 16.1 Å². The molecule has 0 radical (unpaired) electrons. The fourth-order valence-corrected chi connectivity index (χ4v) is 4.06. The van der Waals surface area contributed by atoms with Gasteiger partial charge in [-0.05, 0) is 31.2 Å². The van der Waals surface area contributed by atoms with E-state index in [9.17, 15) is 4.79 Å². The van der Waals surface area contributed by atoms with Gasteiger partial charge in [0.05, 0.1) is 10.2 Å². The topological polar surface area (TPSA) is 30.0 Å². The third-order valence-corrected chi connectivity index (χ3v) is 5.32. The lowest BCUT2D eigenvalue weighted by Crippen LogP contribution is -2.03. The third-order valence-electron chi connectivity index (χ3n) is 4.04. The number of benzene rings is 3. The number of ketones is 1. The van der Waals surface area contributed by atoms with Crippen LogP contribution in [0.2, 0.25) is 5.02 Å². The summed E-state index contributed by atoms with van der Waals surface area (Å²) in [4.78, 5) is 17.7. The summed E-state index contributed by atoms with van der Waals surface area (Å²) >= 11 is 7.64. The average Bonchev–Trinajstić information content (AvgIpc) is 3.05. The highest BCUT2D eigenvalue weighted by Gasteiger charge is 2.17. The Hall–Kier alpha value is -2.49. The molecule has 3 aromatic carbocycles. The van der Waals surface area contributed by atoms with E-state index in [2.05, 4.69) is 0 Å². The summed E-state index contributed by atoms with van der Waals surface area (Å²) in [5.74, 6) is 0.00730. The van der Waals surface area contributed by atoms with Crippen LogP contribution in [0.1, 0.15) is 21.5 Å². The molecule has 4 aromatic rings. The van der Waals surface area contributed by atoms with E-state index in [0.717, 1.165) is 26.4 Å². The van der Waals surface area contributed by atoms with E-state index in [4.69, 9.17) is 16.6 Å². The minimum atomic E-state index is 0.00730. The van der Waals surface area contributed by atoms with Gasteiger partial charge in [0.25, 0.3) is 0 Å². The number of aromatic nitrogens is 1. The summed E-state index contributed by atoms with van der Waals surface area (Å²) in [7, 11) is 0. The lowest BCUT2D eigenvalue weighted by atomic mass is 9.97. The molecule has 1 aromatic heterocycles. The van der Waals surface area contributed by atoms with Gasteiger partial charge in [0.1, 0.15) is 5.01 Å². The van der Waals surface area contributed by atoms with Gasteiger partial charge in [-0.25, -0.2) is 4.98 Å². The minimum absolute atomic E-state index is 0.00730. The van der Waals surface area contributed by atoms with Crippen molar-refractivity contribution in [3.63, 3.8) is 0 Å². The molecule has 1 heterocycles. The number of aryl methyl sites for hydroxylation is 1. The fraction of sp³-hybridized carbons (Fsp3) is 0.0476. The molecule has 0 N–H and O–H groups in total. The Labute approximate surface area is 154 Å². The number of rotatable bonds is 3. The quantitative estimate of drug-likeness (QED) is 0.408. The minimum Gasteiger partial charge on any atom is -0.289 e. The van der Waals surface area contributed by atoms with Crippen LogP contribution in [0.25, 0.3) is 20.8 Å². The van der Waals surface area contributed by atoms with Crippen LogP contribution >= 0.6 is 22.9 Å². The second-order valence-electron chi connectivity index (χ2n) is 5.88. The van der Waals surface area contributed by atoms with E-state index in [1.54, 1.807) is 11.3 Å². The molecule has 122 valence electrons. The number of hydrogen-bond acceptors (Lipinski definition) is 3. The van der Waals surface area contributed by atoms with Crippen molar-refractivity contribution in [1.82, 2.24) is 4.98 Å². The Morgan fingerprint density at radius 2 is 1.80 bits per heavy atom. The highest BCUT2D eigenvalue weighted by Crippen LogP contribution is 2.34. The second-order valence-corrected chi connectivity index (χ2v) is 7.34. The van der Waals surface area contributed by atoms with Crippen molar-refractivity contribution in [3.8, 4) is 10.6 Å². The predicted molar refractivity (Wildman–Crippen MR) is 105 cm³/mol. The van der Waals surface area contributed by atoms with Crippen LogP contribution in [0, 0.1) is 6.92 Å². The monoisotopic (exact) mass is 363 g/mol. The Balaban J connectivity index is 1.88. The van der Waals surface area contributed by atoms with Crippen molar-refractivity contribution in [1.29, 1.82) is 0 Å². The number of halogens is 1. The molecule has 0 saturated heterocycles. The smallest absolute Gasteiger partial charge is 0.193 e. The SMILES string of the molecule is Cc1ccc(C(=O)c2ccccc2)c(-c2nc3ccc(Cl)cc3s2)c1. The summed E-state index contributed by atoms with van der Waals surface area (Å²) in [6.45, 7) is 2.02.